The Kier molecular flexibility index (Phi) is 8.25. The number of hydrogen-bond donors (Lipinski definition) is 0. The van der Waals surface area contributed by atoms with Gasteiger partial charge in [0.05, 0.1) is 0 Å². The number of nitrogens with zero attached hydrogens (tertiary/aromatic N) is 1. The van der Waals surface area contributed by atoms with E-state index in [9.17, 15) is 0 Å². The van der Waals surface area contributed by atoms with Gasteiger partial charge in [0.2, 0.25) is 0 Å². The second-order valence-corrected chi connectivity index (χ2v) is 16.6. The molecule has 0 saturated carbocycles. The van der Waals surface area contributed by atoms with E-state index in [1.165, 1.54) is 3.61 Å². The summed E-state index contributed by atoms with van der Waals surface area (Å²) in [6.07, 6.45) is 0. The number of benzene rings is 4. The van der Waals surface area contributed by atoms with Gasteiger partial charge in [-0.3, -0.25) is 0 Å². The molecule has 0 amide bonds. The molecule has 0 bridgehead atoms. The predicted octanol–water partition coefficient (Wildman–Crippen LogP) is 6.55. The van der Waals surface area contributed by atoms with E-state index in [0.29, 0.717) is 0 Å². The van der Waals surface area contributed by atoms with Gasteiger partial charge in [0.1, 0.15) is 0 Å². The first-order valence-corrected chi connectivity index (χ1v) is 17.4. The van der Waals surface area contributed by atoms with E-state index in [4.69, 9.17) is 14.2 Å². The fourth-order valence-electron chi connectivity index (χ4n) is 3.93. The van der Waals surface area contributed by atoms with Crippen molar-refractivity contribution < 1.29 is 9.16 Å². The molecule has 0 aliphatic heterocycles. The molecule has 0 heterocycles. The van der Waals surface area contributed by atoms with Crippen molar-refractivity contribution in [1.82, 2.24) is 0 Å². The summed E-state index contributed by atoms with van der Waals surface area (Å²) < 4.78 is 15.2. The van der Waals surface area contributed by atoms with Crippen LogP contribution in [0.5, 0.6) is 5.75 Å². The summed E-state index contributed by atoms with van der Waals surface area (Å²) in [4.78, 5) is 5.35. The van der Waals surface area contributed by atoms with Crippen molar-refractivity contribution in [3.63, 3.8) is 0 Å². The zero-order valence-corrected chi connectivity index (χ0v) is 24.0. The second kappa shape index (κ2) is 11.4. The van der Waals surface area contributed by atoms with Crippen LogP contribution in [-0.4, -0.2) is 40.1 Å². The van der Waals surface area contributed by atoms with Gasteiger partial charge >= 0.3 is 221 Å². The standard InChI is InChI=1S/C30H31NO2SiTe/c1-32-27-22-20-25(21-23-27)30(33-34(2,3)4,24-14-8-5-9-15-24)29(31-26-16-10-6-11-17-26)35-28-18-12-7-13-19-28/h5-23H,1-4H3. The first kappa shape index (κ1) is 25.4. The molecule has 4 aromatic rings. The minimum atomic E-state index is -2.07. The van der Waals surface area contributed by atoms with E-state index in [1.54, 1.807) is 7.11 Å². The van der Waals surface area contributed by atoms with Gasteiger partial charge in [0, 0.05) is 0 Å². The molecule has 3 nitrogen and oxygen atoms in total. The quantitative estimate of drug-likeness (QED) is 0.163. The summed E-state index contributed by atoms with van der Waals surface area (Å²) in [5.74, 6) is 0.824. The molecule has 1 atom stereocenters. The Morgan fingerprint density at radius 3 is 1.74 bits per heavy atom. The SMILES string of the molecule is COc1ccc(C(O[Si](C)(C)C)(C(=Nc2ccccc2)[Te]c2ccccc2)c2ccccc2)cc1. The van der Waals surface area contributed by atoms with Crippen molar-refractivity contribution in [1.29, 1.82) is 0 Å². The Balaban J connectivity index is 2.04. The van der Waals surface area contributed by atoms with Crippen LogP contribution >= 0.6 is 0 Å². The summed E-state index contributed by atoms with van der Waals surface area (Å²) >= 11 is -0.895. The number of ether oxygens (including phenoxy) is 1. The zero-order chi connectivity index (χ0) is 24.7. The van der Waals surface area contributed by atoms with Gasteiger partial charge in [-0.05, 0) is 0 Å². The summed E-state index contributed by atoms with van der Waals surface area (Å²) in [6, 6.07) is 39.8. The normalized spacial score (nSPS) is 13.8. The van der Waals surface area contributed by atoms with Crippen molar-refractivity contribution in [2.45, 2.75) is 25.2 Å². The zero-order valence-electron chi connectivity index (χ0n) is 20.6. The maximum absolute atomic E-state index is 7.28. The van der Waals surface area contributed by atoms with Crippen LogP contribution in [0, 0.1) is 0 Å². The topological polar surface area (TPSA) is 30.8 Å². The number of rotatable bonds is 9. The van der Waals surface area contributed by atoms with Crippen molar-refractivity contribution in [3.05, 3.63) is 126 Å². The van der Waals surface area contributed by atoms with Crippen LogP contribution in [0.25, 0.3) is 0 Å². The fraction of sp³-hybridized carbons (Fsp3) is 0.167. The van der Waals surface area contributed by atoms with Gasteiger partial charge < -0.3 is 0 Å². The van der Waals surface area contributed by atoms with Gasteiger partial charge in [-0.2, -0.15) is 0 Å². The van der Waals surface area contributed by atoms with Crippen LogP contribution in [-0.2, 0) is 10.0 Å². The molecule has 0 aliphatic rings. The van der Waals surface area contributed by atoms with Crippen molar-refractivity contribution in [2.24, 2.45) is 4.99 Å². The van der Waals surface area contributed by atoms with Gasteiger partial charge in [-0.15, -0.1) is 0 Å². The van der Waals surface area contributed by atoms with E-state index in [1.807, 2.05) is 30.3 Å². The number of para-hydroxylation sites is 1. The Labute approximate surface area is 220 Å². The molecule has 178 valence electrons. The van der Waals surface area contributed by atoms with Crippen LogP contribution in [0.2, 0.25) is 19.6 Å². The van der Waals surface area contributed by atoms with Crippen LogP contribution in [0.4, 0.5) is 5.69 Å². The molecule has 35 heavy (non-hydrogen) atoms. The molecular formula is C30H31NO2SiTe. The average Bonchev–Trinajstić information content (AvgIpc) is 2.88. The Hall–Kier alpha value is -2.68. The van der Waals surface area contributed by atoms with E-state index in [0.717, 1.165) is 26.3 Å². The Morgan fingerprint density at radius 2 is 1.20 bits per heavy atom. The summed E-state index contributed by atoms with van der Waals surface area (Å²) in [6.45, 7) is 6.74. The molecule has 0 saturated heterocycles. The molecule has 4 rings (SSSR count). The average molecular weight is 593 g/mol. The third-order valence-electron chi connectivity index (χ3n) is 5.38. The summed E-state index contributed by atoms with van der Waals surface area (Å²) in [5, 5.41) is 0. The third kappa shape index (κ3) is 6.31. The van der Waals surface area contributed by atoms with Crippen LogP contribution in [0.15, 0.2) is 120 Å². The number of aliphatic imine (C=N–C) groups is 1. The molecule has 4 aromatic carbocycles. The molecule has 0 spiro atoms. The van der Waals surface area contributed by atoms with Crippen LogP contribution < -0.4 is 8.35 Å². The minimum absolute atomic E-state index is 0.800. The molecule has 0 aromatic heterocycles. The molecule has 5 heteroatoms. The number of hydrogen-bond acceptors (Lipinski definition) is 3. The monoisotopic (exact) mass is 595 g/mol. The molecular weight excluding hydrogens is 562 g/mol. The molecule has 0 radical (unpaired) electrons. The molecule has 1 unspecified atom stereocenters. The third-order valence-corrected chi connectivity index (χ3v) is 9.38. The Bertz CT molecular complexity index is 1240. The summed E-state index contributed by atoms with van der Waals surface area (Å²) in [7, 11) is -0.372. The van der Waals surface area contributed by atoms with E-state index >= 15 is 0 Å². The first-order chi connectivity index (χ1) is 16.9. The molecule has 0 N–H and O–H groups in total. The van der Waals surface area contributed by atoms with Crippen molar-refractivity contribution in [2.75, 3.05) is 7.11 Å². The predicted molar refractivity (Wildman–Crippen MR) is 150 cm³/mol. The van der Waals surface area contributed by atoms with Gasteiger partial charge in [0.15, 0.2) is 0 Å². The second-order valence-electron chi connectivity index (χ2n) is 9.16. The van der Waals surface area contributed by atoms with Gasteiger partial charge in [-0.25, -0.2) is 0 Å². The van der Waals surface area contributed by atoms with Crippen molar-refractivity contribution >= 4 is 42.3 Å². The van der Waals surface area contributed by atoms with E-state index in [2.05, 4.69) is 105 Å². The maximum atomic E-state index is 7.28. The van der Waals surface area contributed by atoms with Crippen LogP contribution in [0.3, 0.4) is 0 Å². The summed E-state index contributed by atoms with van der Waals surface area (Å²) in [5.41, 5.74) is 2.31. The van der Waals surface area contributed by atoms with Gasteiger partial charge in [-0.1, -0.05) is 0 Å². The van der Waals surface area contributed by atoms with E-state index < -0.39 is 34.8 Å². The van der Waals surface area contributed by atoms with E-state index in [-0.39, 0.29) is 0 Å². The van der Waals surface area contributed by atoms with Crippen LogP contribution in [0.1, 0.15) is 11.1 Å². The molecule has 0 aliphatic carbocycles. The van der Waals surface area contributed by atoms with Gasteiger partial charge in [0.25, 0.3) is 0 Å². The first-order valence-electron chi connectivity index (χ1n) is 11.7. The molecule has 0 fully saturated rings. The Morgan fingerprint density at radius 1 is 0.686 bits per heavy atom. The fourth-order valence-corrected chi connectivity index (χ4v) is 8.51. The van der Waals surface area contributed by atoms with Crippen molar-refractivity contribution in [3.8, 4) is 5.75 Å². The number of methoxy groups -OCH3 is 1.